The molecular weight excluding hydrogens is 386 g/mol. The van der Waals surface area contributed by atoms with Crippen LogP contribution in [0.1, 0.15) is 43.0 Å². The Labute approximate surface area is 187 Å². The minimum absolute atomic E-state index is 0.160. The zero-order chi connectivity index (χ0) is 22.2. The van der Waals surface area contributed by atoms with Crippen LogP contribution >= 0.6 is 0 Å². The Morgan fingerprint density at radius 2 is 1.81 bits per heavy atom. The van der Waals surface area contributed by atoms with Crippen molar-refractivity contribution in [2.45, 2.75) is 31.8 Å². The Bertz CT molecular complexity index is 843. The molecule has 0 bridgehead atoms. The maximum Gasteiger partial charge on any atom is 0.191 e. The number of hydrogen-bond donors (Lipinski definition) is 2. The fraction of sp³-hybridized carbons (Fsp3) is 0.480. The van der Waals surface area contributed by atoms with Crippen LogP contribution in [0.25, 0.3) is 0 Å². The first-order valence-electron chi connectivity index (χ1n) is 11.1. The van der Waals surface area contributed by atoms with Crippen LogP contribution in [0.5, 0.6) is 5.75 Å². The number of rotatable bonds is 8. The van der Waals surface area contributed by atoms with Crippen molar-refractivity contribution in [1.82, 2.24) is 15.5 Å². The number of aliphatic imine (C=N–C) groups is 1. The lowest BCUT2D eigenvalue weighted by molar-refractivity contribution is 0.297. The first-order valence-corrected chi connectivity index (χ1v) is 11.1. The second-order valence-corrected chi connectivity index (χ2v) is 8.36. The molecule has 2 aromatic carbocycles. The molecular formula is C25H37N5O. The molecule has 6 heteroatoms. The zero-order valence-electron chi connectivity index (χ0n) is 19.6. The van der Waals surface area contributed by atoms with E-state index < -0.39 is 0 Å². The molecule has 0 aromatic heterocycles. The summed E-state index contributed by atoms with van der Waals surface area (Å²) in [5, 5.41) is 7.05. The van der Waals surface area contributed by atoms with Gasteiger partial charge in [0.1, 0.15) is 5.75 Å². The summed E-state index contributed by atoms with van der Waals surface area (Å²) in [4.78, 5) is 9.14. The SMILES string of the molecule is CN=C(NCC(c1ccc(OC)cc1)N(C)C)NC(C)c1cccc(N2CCCC2)c1. The highest BCUT2D eigenvalue weighted by Gasteiger charge is 2.17. The van der Waals surface area contributed by atoms with E-state index >= 15 is 0 Å². The van der Waals surface area contributed by atoms with Gasteiger partial charge in [0.2, 0.25) is 0 Å². The van der Waals surface area contributed by atoms with Gasteiger partial charge in [0.25, 0.3) is 0 Å². The molecule has 0 spiro atoms. The minimum Gasteiger partial charge on any atom is -0.497 e. The Hall–Kier alpha value is -2.73. The average Bonchev–Trinajstić information content (AvgIpc) is 3.33. The Morgan fingerprint density at radius 3 is 2.42 bits per heavy atom. The molecule has 31 heavy (non-hydrogen) atoms. The second kappa shape index (κ2) is 11.0. The molecule has 2 unspecified atom stereocenters. The number of ether oxygens (including phenoxy) is 1. The molecule has 1 aliphatic rings. The lowest BCUT2D eigenvalue weighted by Gasteiger charge is -2.27. The van der Waals surface area contributed by atoms with Crippen molar-refractivity contribution in [3.05, 3.63) is 59.7 Å². The van der Waals surface area contributed by atoms with E-state index in [1.54, 1.807) is 7.11 Å². The van der Waals surface area contributed by atoms with Crippen LogP contribution in [0.3, 0.4) is 0 Å². The molecule has 6 nitrogen and oxygen atoms in total. The summed E-state index contributed by atoms with van der Waals surface area (Å²) in [6, 6.07) is 17.5. The van der Waals surface area contributed by atoms with Gasteiger partial charge in [-0.15, -0.1) is 0 Å². The summed E-state index contributed by atoms with van der Waals surface area (Å²) in [6.45, 7) is 5.25. The van der Waals surface area contributed by atoms with Crippen LogP contribution in [0.4, 0.5) is 5.69 Å². The molecule has 1 heterocycles. The van der Waals surface area contributed by atoms with Crippen LogP contribution in [-0.4, -0.2) is 58.7 Å². The highest BCUT2D eigenvalue weighted by Crippen LogP contribution is 2.24. The van der Waals surface area contributed by atoms with Crippen molar-refractivity contribution in [2.75, 3.05) is 52.8 Å². The zero-order valence-corrected chi connectivity index (χ0v) is 19.6. The van der Waals surface area contributed by atoms with Gasteiger partial charge in [0.15, 0.2) is 5.96 Å². The number of methoxy groups -OCH3 is 1. The molecule has 2 atom stereocenters. The van der Waals surface area contributed by atoms with E-state index in [-0.39, 0.29) is 12.1 Å². The molecule has 1 saturated heterocycles. The van der Waals surface area contributed by atoms with E-state index in [0.717, 1.165) is 31.3 Å². The summed E-state index contributed by atoms with van der Waals surface area (Å²) in [7, 11) is 7.71. The highest BCUT2D eigenvalue weighted by molar-refractivity contribution is 5.80. The summed E-state index contributed by atoms with van der Waals surface area (Å²) in [5.74, 6) is 1.68. The van der Waals surface area contributed by atoms with Gasteiger partial charge >= 0.3 is 0 Å². The Balaban J connectivity index is 1.61. The van der Waals surface area contributed by atoms with E-state index in [0.29, 0.717) is 0 Å². The minimum atomic E-state index is 0.160. The number of guanidine groups is 1. The summed E-state index contributed by atoms with van der Waals surface area (Å²) in [6.07, 6.45) is 2.58. The summed E-state index contributed by atoms with van der Waals surface area (Å²) >= 11 is 0. The number of anilines is 1. The van der Waals surface area contributed by atoms with Crippen LogP contribution in [-0.2, 0) is 0 Å². The lowest BCUT2D eigenvalue weighted by Crippen LogP contribution is -2.42. The van der Waals surface area contributed by atoms with Crippen LogP contribution in [0.2, 0.25) is 0 Å². The van der Waals surface area contributed by atoms with E-state index in [9.17, 15) is 0 Å². The third-order valence-corrected chi connectivity index (χ3v) is 6.01. The highest BCUT2D eigenvalue weighted by atomic mass is 16.5. The van der Waals surface area contributed by atoms with Crippen LogP contribution in [0, 0.1) is 0 Å². The summed E-state index contributed by atoms with van der Waals surface area (Å²) < 4.78 is 5.29. The quantitative estimate of drug-likeness (QED) is 0.499. The van der Waals surface area contributed by atoms with Crippen LogP contribution < -0.4 is 20.3 Å². The first-order chi connectivity index (χ1) is 15.0. The van der Waals surface area contributed by atoms with Gasteiger partial charge in [-0.1, -0.05) is 24.3 Å². The van der Waals surface area contributed by atoms with Crippen LogP contribution in [0.15, 0.2) is 53.5 Å². The molecule has 0 saturated carbocycles. The number of likely N-dealkylation sites (N-methyl/N-ethyl adjacent to an activating group) is 1. The van der Waals surface area contributed by atoms with Crippen molar-refractivity contribution in [3.63, 3.8) is 0 Å². The second-order valence-electron chi connectivity index (χ2n) is 8.36. The maximum absolute atomic E-state index is 5.29. The number of benzene rings is 2. The van der Waals surface area contributed by atoms with E-state index in [2.05, 4.69) is 82.8 Å². The lowest BCUT2D eigenvalue weighted by atomic mass is 10.1. The van der Waals surface area contributed by atoms with Crippen molar-refractivity contribution in [1.29, 1.82) is 0 Å². The molecule has 2 aromatic rings. The van der Waals surface area contributed by atoms with Gasteiger partial charge < -0.3 is 25.2 Å². The van der Waals surface area contributed by atoms with Gasteiger partial charge in [0.05, 0.1) is 19.2 Å². The van der Waals surface area contributed by atoms with Gasteiger partial charge in [-0.05, 0) is 69.3 Å². The molecule has 3 rings (SSSR count). The predicted molar refractivity (Wildman–Crippen MR) is 130 cm³/mol. The molecule has 168 valence electrons. The Kier molecular flexibility index (Phi) is 8.18. The normalized spacial score (nSPS) is 16.3. The molecule has 2 N–H and O–H groups in total. The first kappa shape index (κ1) is 22.9. The largest absolute Gasteiger partial charge is 0.497 e. The molecule has 1 aliphatic heterocycles. The van der Waals surface area contributed by atoms with Crippen molar-refractivity contribution in [3.8, 4) is 5.75 Å². The van der Waals surface area contributed by atoms with Gasteiger partial charge in [-0.25, -0.2) is 0 Å². The molecule has 0 aliphatic carbocycles. The van der Waals surface area contributed by atoms with Gasteiger partial charge in [-0.2, -0.15) is 0 Å². The van der Waals surface area contributed by atoms with E-state index in [1.165, 1.54) is 29.7 Å². The van der Waals surface area contributed by atoms with Gasteiger partial charge in [0, 0.05) is 32.4 Å². The van der Waals surface area contributed by atoms with E-state index in [4.69, 9.17) is 4.74 Å². The maximum atomic E-state index is 5.29. The standard InChI is InChI=1S/C25H37N5O/c1-19(21-9-8-10-22(17-21)30-15-6-7-16-30)28-25(26-2)27-18-24(29(3)4)20-11-13-23(31-5)14-12-20/h8-14,17,19,24H,6-7,15-16,18H2,1-5H3,(H2,26,27,28). The number of hydrogen-bond acceptors (Lipinski definition) is 4. The fourth-order valence-corrected chi connectivity index (χ4v) is 4.07. The third kappa shape index (κ3) is 6.14. The topological polar surface area (TPSA) is 52.1 Å². The molecule has 0 amide bonds. The Morgan fingerprint density at radius 1 is 1.10 bits per heavy atom. The predicted octanol–water partition coefficient (Wildman–Crippen LogP) is 3.82. The smallest absolute Gasteiger partial charge is 0.191 e. The third-order valence-electron chi connectivity index (χ3n) is 6.01. The number of nitrogens with one attached hydrogen (secondary N) is 2. The van der Waals surface area contributed by atoms with Gasteiger partial charge in [-0.3, -0.25) is 4.99 Å². The van der Waals surface area contributed by atoms with Crippen molar-refractivity contribution in [2.24, 2.45) is 4.99 Å². The van der Waals surface area contributed by atoms with E-state index in [1.807, 2.05) is 19.2 Å². The monoisotopic (exact) mass is 423 g/mol. The number of nitrogens with zero attached hydrogens (tertiary/aromatic N) is 3. The van der Waals surface area contributed by atoms with Crippen molar-refractivity contribution < 1.29 is 4.74 Å². The molecule has 1 fully saturated rings. The fourth-order valence-electron chi connectivity index (χ4n) is 4.07. The molecule has 0 radical (unpaired) electrons. The van der Waals surface area contributed by atoms with Crippen molar-refractivity contribution >= 4 is 11.6 Å². The average molecular weight is 424 g/mol. The summed E-state index contributed by atoms with van der Waals surface area (Å²) in [5.41, 5.74) is 3.82.